The number of methoxy groups -OCH3 is 1. The van der Waals surface area contributed by atoms with Crippen molar-refractivity contribution in [3.63, 3.8) is 0 Å². The summed E-state index contributed by atoms with van der Waals surface area (Å²) in [7, 11) is 1.63. The molecule has 1 aliphatic heterocycles. The lowest BCUT2D eigenvalue weighted by atomic mass is 9.58. The number of hydrogen-bond acceptors (Lipinski definition) is 5. The summed E-state index contributed by atoms with van der Waals surface area (Å²) in [6.45, 7) is 8.19. The van der Waals surface area contributed by atoms with Gasteiger partial charge in [-0.15, -0.1) is 6.58 Å². The molecule has 6 nitrogen and oxygen atoms in total. The van der Waals surface area contributed by atoms with Crippen molar-refractivity contribution in [2.75, 3.05) is 26.7 Å². The minimum absolute atomic E-state index is 0.0760. The van der Waals surface area contributed by atoms with Crippen LogP contribution in [0.1, 0.15) is 43.7 Å². The third kappa shape index (κ3) is 6.05. The molecule has 1 saturated carbocycles. The SMILES string of the molecule is C=CCN1CC[C@@]2(c3cccc(OC(C)=O)c3)C[C@@H](NC(=O)C=Cc3cccc(OC)c3)CC[C@@H]2C1. The van der Waals surface area contributed by atoms with Crippen molar-refractivity contribution in [1.82, 2.24) is 10.2 Å². The number of piperidine rings is 1. The minimum atomic E-state index is -0.321. The van der Waals surface area contributed by atoms with E-state index in [9.17, 15) is 9.59 Å². The van der Waals surface area contributed by atoms with E-state index in [2.05, 4.69) is 22.9 Å². The third-order valence-corrected chi connectivity index (χ3v) is 7.53. The summed E-state index contributed by atoms with van der Waals surface area (Å²) in [4.78, 5) is 26.9. The molecule has 0 bridgehead atoms. The number of ether oxygens (including phenoxy) is 2. The Hall–Kier alpha value is -3.38. The van der Waals surface area contributed by atoms with Crippen LogP contribution in [0.5, 0.6) is 11.5 Å². The van der Waals surface area contributed by atoms with Crippen LogP contribution >= 0.6 is 0 Å². The first-order valence-corrected chi connectivity index (χ1v) is 12.7. The van der Waals surface area contributed by atoms with Gasteiger partial charge in [-0.05, 0) is 79.6 Å². The normalized spacial score (nSPS) is 24.1. The highest BCUT2D eigenvalue weighted by Crippen LogP contribution is 2.49. The number of rotatable bonds is 8. The van der Waals surface area contributed by atoms with Crippen molar-refractivity contribution < 1.29 is 19.1 Å². The lowest BCUT2D eigenvalue weighted by Crippen LogP contribution is -2.56. The smallest absolute Gasteiger partial charge is 0.308 e. The molecule has 1 N–H and O–H groups in total. The second kappa shape index (κ2) is 11.6. The molecule has 1 amide bonds. The molecule has 2 aromatic carbocycles. The Kier molecular flexibility index (Phi) is 8.26. The number of carbonyl (C=O) groups excluding carboxylic acids is 2. The molecular formula is C30H36N2O4. The summed E-state index contributed by atoms with van der Waals surface area (Å²) in [5, 5.41) is 3.26. The average Bonchev–Trinajstić information content (AvgIpc) is 2.87. The van der Waals surface area contributed by atoms with Crippen LogP contribution in [0.15, 0.2) is 67.3 Å². The van der Waals surface area contributed by atoms with Gasteiger partial charge in [-0.1, -0.05) is 30.3 Å². The van der Waals surface area contributed by atoms with Crippen LogP contribution in [0.4, 0.5) is 0 Å². The molecule has 2 aromatic rings. The van der Waals surface area contributed by atoms with Gasteiger partial charge >= 0.3 is 5.97 Å². The summed E-state index contributed by atoms with van der Waals surface area (Å²) in [5.74, 6) is 1.39. The molecule has 2 aliphatic rings. The number of benzene rings is 2. The van der Waals surface area contributed by atoms with Crippen LogP contribution < -0.4 is 14.8 Å². The zero-order chi connectivity index (χ0) is 25.5. The maximum absolute atomic E-state index is 12.8. The van der Waals surface area contributed by atoms with Crippen molar-refractivity contribution in [3.8, 4) is 11.5 Å². The number of fused-ring (bicyclic) bond motifs is 1. The highest BCUT2D eigenvalue weighted by molar-refractivity contribution is 5.92. The van der Waals surface area contributed by atoms with Crippen molar-refractivity contribution >= 4 is 18.0 Å². The summed E-state index contributed by atoms with van der Waals surface area (Å²) in [6.07, 6.45) is 9.20. The molecule has 0 aromatic heterocycles. The Labute approximate surface area is 214 Å². The van der Waals surface area contributed by atoms with Crippen molar-refractivity contribution in [1.29, 1.82) is 0 Å². The van der Waals surface area contributed by atoms with Crippen LogP contribution in [-0.4, -0.2) is 49.6 Å². The van der Waals surface area contributed by atoms with Crippen molar-refractivity contribution in [3.05, 3.63) is 78.4 Å². The molecule has 4 rings (SSSR count). The largest absolute Gasteiger partial charge is 0.497 e. The topological polar surface area (TPSA) is 67.9 Å². The van der Waals surface area contributed by atoms with Crippen LogP contribution in [0.3, 0.4) is 0 Å². The molecule has 36 heavy (non-hydrogen) atoms. The number of carbonyl (C=O) groups is 2. The Morgan fingerprint density at radius 1 is 1.17 bits per heavy atom. The van der Waals surface area contributed by atoms with Gasteiger partial charge in [-0.3, -0.25) is 14.5 Å². The minimum Gasteiger partial charge on any atom is -0.497 e. The highest BCUT2D eigenvalue weighted by Gasteiger charge is 2.48. The van der Waals surface area contributed by atoms with Crippen LogP contribution in [-0.2, 0) is 15.0 Å². The van der Waals surface area contributed by atoms with E-state index in [1.807, 2.05) is 54.6 Å². The number of nitrogens with zero attached hydrogens (tertiary/aromatic N) is 1. The lowest BCUT2D eigenvalue weighted by Gasteiger charge is -2.53. The van der Waals surface area contributed by atoms with E-state index in [1.54, 1.807) is 13.2 Å². The number of hydrogen-bond donors (Lipinski definition) is 1. The van der Waals surface area contributed by atoms with Crippen molar-refractivity contribution in [2.45, 2.75) is 44.1 Å². The molecule has 190 valence electrons. The summed E-state index contributed by atoms with van der Waals surface area (Å²) < 4.78 is 10.7. The first-order chi connectivity index (χ1) is 17.4. The molecular weight excluding hydrogens is 452 g/mol. The molecule has 3 atom stereocenters. The van der Waals surface area contributed by atoms with Gasteiger partial charge in [-0.25, -0.2) is 0 Å². The van der Waals surface area contributed by atoms with Gasteiger partial charge in [0.05, 0.1) is 7.11 Å². The maximum atomic E-state index is 12.8. The van der Waals surface area contributed by atoms with Gasteiger partial charge in [0.1, 0.15) is 11.5 Å². The maximum Gasteiger partial charge on any atom is 0.308 e. The Bertz CT molecular complexity index is 1130. The fourth-order valence-electron chi connectivity index (χ4n) is 5.89. The predicted molar refractivity (Wildman–Crippen MR) is 142 cm³/mol. The number of esters is 1. The summed E-state index contributed by atoms with van der Waals surface area (Å²) >= 11 is 0. The van der Waals surface area contributed by atoms with Crippen LogP contribution in [0, 0.1) is 5.92 Å². The predicted octanol–water partition coefficient (Wildman–Crippen LogP) is 4.75. The molecule has 2 fully saturated rings. The Morgan fingerprint density at radius 2 is 1.97 bits per heavy atom. The van der Waals surface area contributed by atoms with E-state index in [0.717, 1.165) is 56.6 Å². The quantitative estimate of drug-likeness (QED) is 0.251. The number of likely N-dealkylation sites (tertiary alicyclic amines) is 1. The van der Waals surface area contributed by atoms with E-state index in [0.29, 0.717) is 11.7 Å². The third-order valence-electron chi connectivity index (χ3n) is 7.53. The van der Waals surface area contributed by atoms with E-state index < -0.39 is 0 Å². The first-order valence-electron chi connectivity index (χ1n) is 12.7. The van der Waals surface area contributed by atoms with Gasteiger partial charge in [0, 0.05) is 37.5 Å². The number of amides is 1. The molecule has 0 unspecified atom stereocenters. The molecule has 1 aliphatic carbocycles. The van der Waals surface area contributed by atoms with E-state index in [1.165, 1.54) is 12.5 Å². The van der Waals surface area contributed by atoms with Gasteiger partial charge in [0.25, 0.3) is 0 Å². The van der Waals surface area contributed by atoms with Crippen molar-refractivity contribution in [2.24, 2.45) is 5.92 Å². The van der Waals surface area contributed by atoms with Gasteiger partial charge in [-0.2, -0.15) is 0 Å². The van der Waals surface area contributed by atoms with Gasteiger partial charge in [0.2, 0.25) is 5.91 Å². The molecule has 1 saturated heterocycles. The van der Waals surface area contributed by atoms with Gasteiger partial charge in [0.15, 0.2) is 0 Å². The Morgan fingerprint density at radius 3 is 2.75 bits per heavy atom. The van der Waals surface area contributed by atoms with E-state index in [-0.39, 0.29) is 23.3 Å². The summed E-state index contributed by atoms with van der Waals surface area (Å²) in [6, 6.07) is 15.7. The van der Waals surface area contributed by atoms with E-state index in [4.69, 9.17) is 9.47 Å². The standard InChI is InChI=1S/C30H36N2O4/c1-4-16-32-17-15-30(24-8-6-10-28(19-24)36-22(2)33)20-26(13-12-25(30)21-32)31-29(34)14-11-23-7-5-9-27(18-23)35-3/h4-11,14,18-19,25-26H,1,12-13,15-17,20-21H2,2-3H3,(H,31,34)/t25-,26+,30+/m1/s1. The second-order valence-electron chi connectivity index (χ2n) is 9.87. The van der Waals surface area contributed by atoms with Crippen LogP contribution in [0.25, 0.3) is 6.08 Å². The molecule has 1 heterocycles. The first kappa shape index (κ1) is 25.7. The second-order valence-corrected chi connectivity index (χ2v) is 9.87. The van der Waals surface area contributed by atoms with Gasteiger partial charge < -0.3 is 14.8 Å². The average molecular weight is 489 g/mol. The molecule has 0 spiro atoms. The highest BCUT2D eigenvalue weighted by atomic mass is 16.5. The summed E-state index contributed by atoms with van der Waals surface area (Å²) in [5.41, 5.74) is 2.03. The zero-order valence-electron chi connectivity index (χ0n) is 21.2. The van der Waals surface area contributed by atoms with E-state index >= 15 is 0 Å². The van der Waals surface area contributed by atoms with Crippen LogP contribution in [0.2, 0.25) is 0 Å². The lowest BCUT2D eigenvalue weighted by molar-refractivity contribution is -0.131. The monoisotopic (exact) mass is 488 g/mol. The fraction of sp³-hybridized carbons (Fsp3) is 0.400. The Balaban J connectivity index is 1.52. The fourth-order valence-corrected chi connectivity index (χ4v) is 5.89. The number of nitrogens with one attached hydrogen (secondary N) is 1. The zero-order valence-corrected chi connectivity index (χ0v) is 21.2. The molecule has 0 radical (unpaired) electrons. The molecule has 6 heteroatoms.